The first-order chi connectivity index (χ1) is 12.2. The van der Waals surface area contributed by atoms with Crippen LogP contribution < -0.4 is 10.6 Å². The Balaban J connectivity index is 2.17. The maximum absolute atomic E-state index is 12.1. The first-order valence-electron chi connectivity index (χ1n) is 8.45. The molecule has 1 aliphatic heterocycles. The number of ether oxygens (including phenoxy) is 1. The van der Waals surface area contributed by atoms with E-state index in [1.165, 1.54) is 4.90 Å². The molecular weight excluding hydrogens is 338 g/mol. The van der Waals surface area contributed by atoms with Crippen LogP contribution in [0.3, 0.4) is 0 Å². The molecule has 0 unspecified atom stereocenters. The summed E-state index contributed by atoms with van der Waals surface area (Å²) in [7, 11) is 0. The van der Waals surface area contributed by atoms with Crippen molar-refractivity contribution in [3.05, 3.63) is 35.9 Å². The largest absolute Gasteiger partial charge is 0.465 e. The van der Waals surface area contributed by atoms with Crippen LogP contribution in [0.2, 0.25) is 0 Å². The number of nitrogens with zero attached hydrogens (tertiary/aromatic N) is 1. The zero-order valence-electron chi connectivity index (χ0n) is 15.2. The van der Waals surface area contributed by atoms with E-state index in [1.54, 1.807) is 20.8 Å². The lowest BCUT2D eigenvalue weighted by Crippen LogP contribution is -2.62. The molecule has 142 valence electrons. The number of carboxylic acid groups (broad SMARTS) is 1. The Hall–Kier alpha value is -2.77. The molecule has 0 spiro atoms. The molecule has 1 fully saturated rings. The van der Waals surface area contributed by atoms with Crippen molar-refractivity contribution in [3.8, 4) is 0 Å². The zero-order chi connectivity index (χ0) is 19.3. The summed E-state index contributed by atoms with van der Waals surface area (Å²) in [5.74, 6) is -0.253. The molecule has 0 aromatic heterocycles. The fraction of sp³-hybridized carbons (Fsp3) is 0.500. The molecule has 3 amide bonds. The second kappa shape index (κ2) is 8.07. The highest BCUT2D eigenvalue weighted by molar-refractivity contribution is 5.79. The van der Waals surface area contributed by atoms with Gasteiger partial charge in [-0.1, -0.05) is 30.3 Å². The van der Waals surface area contributed by atoms with Gasteiger partial charge in [-0.25, -0.2) is 9.59 Å². The Kier molecular flexibility index (Phi) is 6.07. The van der Waals surface area contributed by atoms with E-state index in [0.717, 1.165) is 5.56 Å². The normalized spacial score (nSPS) is 20.0. The van der Waals surface area contributed by atoms with E-state index in [9.17, 15) is 19.5 Å². The van der Waals surface area contributed by atoms with Gasteiger partial charge in [-0.15, -0.1) is 0 Å². The second-order valence-corrected chi connectivity index (χ2v) is 7.22. The molecule has 0 bridgehead atoms. The Bertz CT molecular complexity index is 657. The molecule has 1 aromatic carbocycles. The number of hydrogen-bond donors (Lipinski definition) is 3. The molecule has 3 N–H and O–H groups in total. The van der Waals surface area contributed by atoms with Crippen LogP contribution >= 0.6 is 0 Å². The first-order valence-corrected chi connectivity index (χ1v) is 8.45. The van der Waals surface area contributed by atoms with Gasteiger partial charge < -0.3 is 20.5 Å². The van der Waals surface area contributed by atoms with E-state index in [4.69, 9.17) is 4.74 Å². The SMILES string of the molecule is CC(C)(C)OC(=O)N[C@@H]1CNC(=O)C[C@H]1N(Cc1ccccc1)C(=O)O. The van der Waals surface area contributed by atoms with Crippen molar-refractivity contribution >= 4 is 18.1 Å². The summed E-state index contributed by atoms with van der Waals surface area (Å²) in [6, 6.07) is 7.84. The van der Waals surface area contributed by atoms with Crippen molar-refractivity contribution in [1.82, 2.24) is 15.5 Å². The van der Waals surface area contributed by atoms with Crippen molar-refractivity contribution in [2.24, 2.45) is 0 Å². The summed E-state index contributed by atoms with van der Waals surface area (Å²) in [5.41, 5.74) is 0.130. The molecule has 0 radical (unpaired) electrons. The molecule has 2 rings (SSSR count). The Labute approximate surface area is 152 Å². The highest BCUT2D eigenvalue weighted by Crippen LogP contribution is 2.18. The average Bonchev–Trinajstić information content (AvgIpc) is 2.53. The van der Waals surface area contributed by atoms with E-state index in [2.05, 4.69) is 10.6 Å². The molecular formula is C18H25N3O5. The number of rotatable bonds is 4. The standard InChI is InChI=1S/C18H25N3O5/c1-18(2,3)26-16(23)20-13-10-19-15(22)9-14(13)21(17(24)25)11-12-7-5-4-6-8-12/h4-8,13-14H,9-11H2,1-3H3,(H,19,22)(H,20,23)(H,24,25)/t13-,14-/m1/s1. The Morgan fingerprint density at radius 1 is 1.31 bits per heavy atom. The van der Waals surface area contributed by atoms with Crippen molar-refractivity contribution in [1.29, 1.82) is 0 Å². The Morgan fingerprint density at radius 2 is 1.96 bits per heavy atom. The van der Waals surface area contributed by atoms with Gasteiger partial charge in [0, 0.05) is 19.5 Å². The number of amides is 3. The van der Waals surface area contributed by atoms with Crippen LogP contribution in [-0.4, -0.2) is 52.3 Å². The minimum atomic E-state index is -1.15. The molecule has 1 aliphatic rings. The fourth-order valence-electron chi connectivity index (χ4n) is 2.80. The third-order valence-corrected chi connectivity index (χ3v) is 3.92. The monoisotopic (exact) mass is 363 g/mol. The maximum Gasteiger partial charge on any atom is 0.408 e. The molecule has 0 saturated carbocycles. The van der Waals surface area contributed by atoms with Crippen LogP contribution in [0.25, 0.3) is 0 Å². The van der Waals surface area contributed by atoms with Crippen LogP contribution in [0.4, 0.5) is 9.59 Å². The van der Waals surface area contributed by atoms with Gasteiger partial charge in [-0.3, -0.25) is 9.69 Å². The van der Waals surface area contributed by atoms with Crippen LogP contribution in [-0.2, 0) is 16.1 Å². The lowest BCUT2D eigenvalue weighted by atomic mass is 9.98. The minimum Gasteiger partial charge on any atom is -0.465 e. The smallest absolute Gasteiger partial charge is 0.408 e. The number of benzene rings is 1. The van der Waals surface area contributed by atoms with E-state index >= 15 is 0 Å². The lowest BCUT2D eigenvalue weighted by Gasteiger charge is -2.38. The van der Waals surface area contributed by atoms with E-state index < -0.39 is 29.9 Å². The number of carbonyl (C=O) groups is 3. The molecule has 26 heavy (non-hydrogen) atoms. The first kappa shape index (κ1) is 19.6. The fourth-order valence-corrected chi connectivity index (χ4v) is 2.80. The van der Waals surface area contributed by atoms with Crippen LogP contribution in [0, 0.1) is 0 Å². The van der Waals surface area contributed by atoms with Gasteiger partial charge in [-0.05, 0) is 26.3 Å². The van der Waals surface area contributed by atoms with Crippen molar-refractivity contribution in [2.45, 2.75) is 51.4 Å². The predicted molar refractivity (Wildman–Crippen MR) is 94.6 cm³/mol. The average molecular weight is 363 g/mol. The van der Waals surface area contributed by atoms with Gasteiger partial charge in [0.25, 0.3) is 0 Å². The third kappa shape index (κ3) is 5.65. The number of hydrogen-bond acceptors (Lipinski definition) is 4. The van der Waals surface area contributed by atoms with Crippen molar-refractivity contribution in [2.75, 3.05) is 6.54 Å². The zero-order valence-corrected chi connectivity index (χ0v) is 15.2. The summed E-state index contributed by atoms with van der Waals surface area (Å²) in [6.07, 6.45) is -1.82. The second-order valence-electron chi connectivity index (χ2n) is 7.22. The molecule has 1 aromatic rings. The van der Waals surface area contributed by atoms with Gasteiger partial charge in [0.05, 0.1) is 12.1 Å². The molecule has 2 atom stereocenters. The van der Waals surface area contributed by atoms with Gasteiger partial charge in [0.15, 0.2) is 0 Å². The molecule has 8 heteroatoms. The molecule has 1 saturated heterocycles. The summed E-state index contributed by atoms with van der Waals surface area (Å²) >= 11 is 0. The quantitative estimate of drug-likeness (QED) is 0.758. The summed E-state index contributed by atoms with van der Waals surface area (Å²) in [6.45, 7) is 5.49. The number of nitrogens with one attached hydrogen (secondary N) is 2. The lowest BCUT2D eigenvalue weighted by molar-refractivity contribution is -0.124. The van der Waals surface area contributed by atoms with Gasteiger partial charge in [0.1, 0.15) is 5.60 Å². The summed E-state index contributed by atoms with van der Waals surface area (Å²) in [5, 5.41) is 15.0. The molecule has 0 aliphatic carbocycles. The topological polar surface area (TPSA) is 108 Å². The van der Waals surface area contributed by atoms with Crippen molar-refractivity contribution in [3.63, 3.8) is 0 Å². The summed E-state index contributed by atoms with van der Waals surface area (Å²) in [4.78, 5) is 36.9. The minimum absolute atomic E-state index is 0.0282. The highest BCUT2D eigenvalue weighted by atomic mass is 16.6. The Morgan fingerprint density at radius 3 is 2.54 bits per heavy atom. The maximum atomic E-state index is 12.1. The summed E-state index contributed by atoms with van der Waals surface area (Å²) < 4.78 is 5.25. The van der Waals surface area contributed by atoms with E-state index in [0.29, 0.717) is 0 Å². The number of carbonyl (C=O) groups excluding carboxylic acids is 2. The van der Waals surface area contributed by atoms with Crippen LogP contribution in [0.1, 0.15) is 32.8 Å². The van der Waals surface area contributed by atoms with Gasteiger partial charge in [-0.2, -0.15) is 0 Å². The van der Waals surface area contributed by atoms with Gasteiger partial charge >= 0.3 is 12.2 Å². The van der Waals surface area contributed by atoms with Gasteiger partial charge in [0.2, 0.25) is 5.91 Å². The van der Waals surface area contributed by atoms with E-state index in [1.807, 2.05) is 30.3 Å². The van der Waals surface area contributed by atoms with Crippen molar-refractivity contribution < 1.29 is 24.2 Å². The van der Waals surface area contributed by atoms with Crippen LogP contribution in [0.5, 0.6) is 0 Å². The molecule has 8 nitrogen and oxygen atoms in total. The van der Waals surface area contributed by atoms with Crippen LogP contribution in [0.15, 0.2) is 30.3 Å². The predicted octanol–water partition coefficient (Wildman–Crippen LogP) is 1.95. The van der Waals surface area contributed by atoms with E-state index in [-0.39, 0.29) is 25.4 Å². The number of piperidine rings is 1. The molecule has 1 heterocycles. The highest BCUT2D eigenvalue weighted by Gasteiger charge is 2.37. The third-order valence-electron chi connectivity index (χ3n) is 3.92. The number of alkyl carbamates (subject to hydrolysis) is 1.